The van der Waals surface area contributed by atoms with Crippen molar-refractivity contribution in [2.45, 2.75) is 37.1 Å². The van der Waals surface area contributed by atoms with Gasteiger partial charge in [0.05, 0.1) is 4.90 Å². The van der Waals surface area contributed by atoms with Gasteiger partial charge >= 0.3 is 0 Å². The Balaban J connectivity index is 1.50. The van der Waals surface area contributed by atoms with Crippen LogP contribution >= 0.6 is 0 Å². The third-order valence-corrected chi connectivity index (χ3v) is 6.77. The Morgan fingerprint density at radius 3 is 2.69 bits per heavy atom. The summed E-state index contributed by atoms with van der Waals surface area (Å²) in [5.41, 5.74) is 1.87. The number of fused-ring (bicyclic) bond motifs is 1. The molecule has 1 aliphatic rings. The summed E-state index contributed by atoms with van der Waals surface area (Å²) in [4.78, 5) is 12.8. The van der Waals surface area contributed by atoms with Crippen LogP contribution in [0, 0.1) is 0 Å². The summed E-state index contributed by atoms with van der Waals surface area (Å²) >= 11 is 0. The molecular formula is C23H25N5O3S. The second-order valence-electron chi connectivity index (χ2n) is 7.60. The zero-order valence-corrected chi connectivity index (χ0v) is 18.4. The molecule has 2 aromatic carbocycles. The van der Waals surface area contributed by atoms with Crippen molar-refractivity contribution < 1.29 is 13.2 Å². The largest absolute Gasteiger partial charge is 0.322 e. The number of sulfonamides is 1. The van der Waals surface area contributed by atoms with Gasteiger partial charge in [-0.3, -0.25) is 4.79 Å². The number of hydrogen-bond acceptors (Lipinski definition) is 5. The molecule has 0 fully saturated rings. The van der Waals surface area contributed by atoms with Crippen LogP contribution in [0.3, 0.4) is 0 Å². The minimum absolute atomic E-state index is 0.0883. The molecule has 32 heavy (non-hydrogen) atoms. The number of aryl methyl sites for hydroxylation is 1. The number of carbonyl (C=O) groups is 1. The standard InChI is InChI=1S/C23H25N5O3S/c1-2-14-24-32(30,31)20-12-10-17(11-13-20)23(29)25-19-8-6-7-18(16-19)22-27-26-21-9-4-3-5-15-28(21)22/h2,6-8,10-13,16,24H,1,3-5,9,14-15H2,(H,25,29). The third-order valence-electron chi connectivity index (χ3n) is 5.33. The molecule has 0 unspecified atom stereocenters. The number of carbonyl (C=O) groups excluding carboxylic acids is 1. The molecule has 0 atom stereocenters. The average molecular weight is 452 g/mol. The number of amides is 1. The fourth-order valence-electron chi connectivity index (χ4n) is 3.68. The number of nitrogens with zero attached hydrogens (tertiary/aromatic N) is 3. The molecule has 0 aliphatic carbocycles. The molecule has 2 heterocycles. The van der Waals surface area contributed by atoms with Crippen LogP contribution in [0.4, 0.5) is 5.69 Å². The molecule has 0 bridgehead atoms. The van der Waals surface area contributed by atoms with Gasteiger partial charge in [0.1, 0.15) is 5.82 Å². The van der Waals surface area contributed by atoms with Crippen molar-refractivity contribution in [3.05, 3.63) is 72.6 Å². The van der Waals surface area contributed by atoms with E-state index in [-0.39, 0.29) is 17.3 Å². The summed E-state index contributed by atoms with van der Waals surface area (Å²) in [6.07, 6.45) is 5.80. The van der Waals surface area contributed by atoms with Crippen LogP contribution < -0.4 is 10.0 Å². The third kappa shape index (κ3) is 4.79. The van der Waals surface area contributed by atoms with Crippen LogP contribution in [0.1, 0.15) is 35.4 Å². The van der Waals surface area contributed by atoms with Gasteiger partial charge in [-0.15, -0.1) is 16.8 Å². The first kappa shape index (κ1) is 21.9. The molecule has 1 aromatic heterocycles. The Labute approximate surface area is 187 Å². The first-order valence-corrected chi connectivity index (χ1v) is 12.0. The summed E-state index contributed by atoms with van der Waals surface area (Å²) in [5, 5.41) is 11.6. The van der Waals surface area contributed by atoms with Gasteiger partial charge in [-0.05, 0) is 49.2 Å². The zero-order chi connectivity index (χ0) is 22.6. The lowest BCUT2D eigenvalue weighted by Crippen LogP contribution is -2.23. The van der Waals surface area contributed by atoms with E-state index in [1.807, 2.05) is 18.2 Å². The van der Waals surface area contributed by atoms with E-state index in [1.54, 1.807) is 6.07 Å². The number of benzene rings is 2. The van der Waals surface area contributed by atoms with Gasteiger partial charge in [0.25, 0.3) is 5.91 Å². The molecule has 8 nitrogen and oxygen atoms in total. The number of anilines is 1. The summed E-state index contributed by atoms with van der Waals surface area (Å²) in [7, 11) is -3.63. The fourth-order valence-corrected chi connectivity index (χ4v) is 4.67. The van der Waals surface area contributed by atoms with Crippen molar-refractivity contribution in [2.75, 3.05) is 11.9 Å². The second-order valence-corrected chi connectivity index (χ2v) is 9.37. The summed E-state index contributed by atoms with van der Waals surface area (Å²) in [6.45, 7) is 4.52. The normalized spacial score (nSPS) is 13.8. The monoisotopic (exact) mass is 451 g/mol. The van der Waals surface area contributed by atoms with Gasteiger partial charge in [0, 0.05) is 36.3 Å². The van der Waals surface area contributed by atoms with Crippen molar-refractivity contribution in [2.24, 2.45) is 0 Å². The molecule has 166 valence electrons. The molecule has 0 radical (unpaired) electrons. The van der Waals surface area contributed by atoms with Gasteiger partial charge in [-0.25, -0.2) is 13.1 Å². The smallest absolute Gasteiger partial charge is 0.255 e. The van der Waals surface area contributed by atoms with Crippen LogP contribution in [0.2, 0.25) is 0 Å². The average Bonchev–Trinajstić information content (AvgIpc) is 3.06. The molecule has 9 heteroatoms. The number of rotatable bonds is 7. The Morgan fingerprint density at radius 2 is 1.91 bits per heavy atom. The summed E-state index contributed by atoms with van der Waals surface area (Å²) < 4.78 is 28.9. The highest BCUT2D eigenvalue weighted by Crippen LogP contribution is 2.25. The number of nitrogens with one attached hydrogen (secondary N) is 2. The number of hydrogen-bond donors (Lipinski definition) is 2. The lowest BCUT2D eigenvalue weighted by atomic mass is 10.1. The Kier molecular flexibility index (Phi) is 6.48. The van der Waals surface area contributed by atoms with Crippen molar-refractivity contribution in [1.29, 1.82) is 0 Å². The van der Waals surface area contributed by atoms with E-state index >= 15 is 0 Å². The van der Waals surface area contributed by atoms with Crippen LogP contribution in [-0.4, -0.2) is 35.6 Å². The predicted octanol–water partition coefficient (Wildman–Crippen LogP) is 3.39. The van der Waals surface area contributed by atoms with E-state index < -0.39 is 10.0 Å². The van der Waals surface area contributed by atoms with Gasteiger partial charge < -0.3 is 9.88 Å². The Morgan fingerprint density at radius 1 is 1.09 bits per heavy atom. The maximum atomic E-state index is 12.7. The lowest BCUT2D eigenvalue weighted by molar-refractivity contribution is 0.102. The number of aromatic nitrogens is 3. The maximum Gasteiger partial charge on any atom is 0.255 e. The highest BCUT2D eigenvalue weighted by Gasteiger charge is 2.17. The SMILES string of the molecule is C=CCNS(=O)(=O)c1ccc(C(=O)Nc2cccc(-c3nnc4n3CCCCC4)c2)cc1. The second kappa shape index (κ2) is 9.46. The maximum absolute atomic E-state index is 12.7. The molecule has 2 N–H and O–H groups in total. The van der Waals surface area contributed by atoms with Crippen molar-refractivity contribution in [1.82, 2.24) is 19.5 Å². The predicted molar refractivity (Wildman–Crippen MR) is 123 cm³/mol. The summed E-state index contributed by atoms with van der Waals surface area (Å²) in [5.74, 6) is 1.48. The van der Waals surface area contributed by atoms with E-state index in [1.165, 1.54) is 36.8 Å². The van der Waals surface area contributed by atoms with Crippen molar-refractivity contribution >= 4 is 21.6 Å². The van der Waals surface area contributed by atoms with Gasteiger partial charge in [0.2, 0.25) is 10.0 Å². The molecule has 0 saturated heterocycles. The first-order valence-electron chi connectivity index (χ1n) is 10.5. The van der Waals surface area contributed by atoms with Crippen LogP contribution in [-0.2, 0) is 23.0 Å². The summed E-state index contributed by atoms with van der Waals surface area (Å²) in [6, 6.07) is 13.3. The minimum atomic E-state index is -3.63. The topological polar surface area (TPSA) is 106 Å². The first-order chi connectivity index (χ1) is 15.5. The molecule has 1 amide bonds. The van der Waals surface area contributed by atoms with E-state index in [2.05, 4.69) is 31.4 Å². The van der Waals surface area contributed by atoms with E-state index in [4.69, 9.17) is 0 Å². The minimum Gasteiger partial charge on any atom is -0.322 e. The Hall–Kier alpha value is -3.30. The van der Waals surface area contributed by atoms with Gasteiger partial charge in [-0.2, -0.15) is 0 Å². The van der Waals surface area contributed by atoms with Gasteiger partial charge in [0.15, 0.2) is 5.82 Å². The molecule has 3 aromatic rings. The van der Waals surface area contributed by atoms with Crippen LogP contribution in [0.25, 0.3) is 11.4 Å². The van der Waals surface area contributed by atoms with E-state index in [9.17, 15) is 13.2 Å². The van der Waals surface area contributed by atoms with E-state index in [0.29, 0.717) is 11.3 Å². The van der Waals surface area contributed by atoms with Crippen LogP contribution in [0.5, 0.6) is 0 Å². The quantitative estimate of drug-likeness (QED) is 0.536. The zero-order valence-electron chi connectivity index (χ0n) is 17.6. The highest BCUT2D eigenvalue weighted by atomic mass is 32.2. The van der Waals surface area contributed by atoms with E-state index in [0.717, 1.165) is 43.0 Å². The van der Waals surface area contributed by atoms with Crippen molar-refractivity contribution in [3.8, 4) is 11.4 Å². The van der Waals surface area contributed by atoms with Crippen molar-refractivity contribution in [3.63, 3.8) is 0 Å². The van der Waals surface area contributed by atoms with Gasteiger partial charge in [-0.1, -0.05) is 24.6 Å². The fraction of sp³-hybridized carbons (Fsp3) is 0.261. The highest BCUT2D eigenvalue weighted by molar-refractivity contribution is 7.89. The molecule has 0 saturated carbocycles. The van der Waals surface area contributed by atoms with Crippen LogP contribution in [0.15, 0.2) is 66.1 Å². The molecular weight excluding hydrogens is 426 g/mol. The molecule has 0 spiro atoms. The Bertz CT molecular complexity index is 1230. The molecule has 4 rings (SSSR count). The molecule has 1 aliphatic heterocycles. The lowest BCUT2D eigenvalue weighted by Gasteiger charge is -2.10.